The summed E-state index contributed by atoms with van der Waals surface area (Å²) in [5.74, 6) is 0.355. The summed E-state index contributed by atoms with van der Waals surface area (Å²) in [5, 5.41) is 20.0. The monoisotopic (exact) mass is 474 g/mol. The van der Waals surface area contributed by atoms with E-state index < -0.39 is 5.82 Å². The number of hydrogen-bond donors (Lipinski definition) is 2. The van der Waals surface area contributed by atoms with Crippen molar-refractivity contribution in [1.29, 1.82) is 0 Å². The topological polar surface area (TPSA) is 102 Å². The van der Waals surface area contributed by atoms with Gasteiger partial charge in [-0.05, 0) is 24.1 Å². The van der Waals surface area contributed by atoms with Crippen LogP contribution in [-0.2, 0) is 6.54 Å². The van der Waals surface area contributed by atoms with Crippen molar-refractivity contribution in [2.75, 3.05) is 30.5 Å². The average molecular weight is 475 g/mol. The SMILES string of the molecule is CCSC.OCCNc1nc(-c2cc(-c3ccon3)n(Cc3ccccc3F)n2)ncc1F. The van der Waals surface area contributed by atoms with Crippen LogP contribution in [0.1, 0.15) is 12.5 Å². The molecule has 0 spiro atoms. The smallest absolute Gasteiger partial charge is 0.183 e. The molecular weight excluding hydrogens is 450 g/mol. The van der Waals surface area contributed by atoms with Crippen molar-refractivity contribution in [2.45, 2.75) is 13.5 Å². The molecular formula is C22H24F2N6O2S. The van der Waals surface area contributed by atoms with Gasteiger partial charge in [-0.1, -0.05) is 30.3 Å². The molecule has 0 amide bonds. The summed E-state index contributed by atoms with van der Waals surface area (Å²) in [6.45, 7) is 2.25. The Kier molecular flexibility index (Phi) is 8.90. The van der Waals surface area contributed by atoms with E-state index in [4.69, 9.17) is 9.63 Å². The predicted octanol–water partition coefficient (Wildman–Crippen LogP) is 4.10. The summed E-state index contributed by atoms with van der Waals surface area (Å²) >= 11 is 1.86. The summed E-state index contributed by atoms with van der Waals surface area (Å²) in [7, 11) is 0. The highest BCUT2D eigenvalue weighted by Gasteiger charge is 2.18. The Hall–Kier alpha value is -3.31. The van der Waals surface area contributed by atoms with Crippen LogP contribution >= 0.6 is 11.8 Å². The van der Waals surface area contributed by atoms with Crippen LogP contribution < -0.4 is 5.32 Å². The first-order valence-corrected chi connectivity index (χ1v) is 11.5. The molecule has 4 rings (SSSR count). The van der Waals surface area contributed by atoms with Crippen LogP contribution in [0.25, 0.3) is 22.9 Å². The highest BCUT2D eigenvalue weighted by Crippen LogP contribution is 2.25. The van der Waals surface area contributed by atoms with E-state index in [1.807, 2.05) is 11.8 Å². The van der Waals surface area contributed by atoms with E-state index in [1.54, 1.807) is 35.0 Å². The van der Waals surface area contributed by atoms with Crippen molar-refractivity contribution < 1.29 is 18.4 Å². The van der Waals surface area contributed by atoms with Gasteiger partial charge in [0, 0.05) is 18.2 Å². The molecule has 8 nitrogen and oxygen atoms in total. The molecule has 3 aromatic heterocycles. The van der Waals surface area contributed by atoms with Gasteiger partial charge in [-0.15, -0.1) is 0 Å². The lowest BCUT2D eigenvalue weighted by molar-refractivity contribution is 0.310. The van der Waals surface area contributed by atoms with E-state index in [-0.39, 0.29) is 37.2 Å². The fourth-order valence-corrected chi connectivity index (χ4v) is 2.77. The molecule has 0 saturated heterocycles. The molecule has 174 valence electrons. The molecule has 3 heterocycles. The fraction of sp³-hybridized carbons (Fsp3) is 0.273. The van der Waals surface area contributed by atoms with Gasteiger partial charge in [-0.3, -0.25) is 4.68 Å². The van der Waals surface area contributed by atoms with Gasteiger partial charge >= 0.3 is 0 Å². The number of nitrogens with one attached hydrogen (secondary N) is 1. The number of benzene rings is 1. The lowest BCUT2D eigenvalue weighted by Crippen LogP contribution is -2.10. The first-order valence-electron chi connectivity index (χ1n) is 10.2. The molecule has 1 aromatic carbocycles. The van der Waals surface area contributed by atoms with Gasteiger partial charge in [0.05, 0.1) is 25.0 Å². The van der Waals surface area contributed by atoms with E-state index in [1.165, 1.54) is 18.1 Å². The van der Waals surface area contributed by atoms with Gasteiger partial charge in [-0.25, -0.2) is 18.7 Å². The third kappa shape index (κ3) is 6.36. The van der Waals surface area contributed by atoms with E-state index in [9.17, 15) is 8.78 Å². The van der Waals surface area contributed by atoms with Gasteiger partial charge in [-0.2, -0.15) is 16.9 Å². The quantitative estimate of drug-likeness (QED) is 0.394. The molecule has 0 aliphatic heterocycles. The number of aliphatic hydroxyl groups is 1. The molecule has 0 aliphatic carbocycles. The lowest BCUT2D eigenvalue weighted by atomic mass is 10.2. The molecule has 0 aliphatic rings. The first kappa shape index (κ1) is 24.3. The molecule has 0 atom stereocenters. The molecule has 2 N–H and O–H groups in total. The summed E-state index contributed by atoms with van der Waals surface area (Å²) in [6.07, 6.45) is 4.54. The minimum Gasteiger partial charge on any atom is -0.395 e. The van der Waals surface area contributed by atoms with Crippen molar-refractivity contribution in [3.8, 4) is 22.9 Å². The number of halogens is 2. The van der Waals surface area contributed by atoms with E-state index in [2.05, 4.69) is 38.7 Å². The maximum atomic E-state index is 14.1. The average Bonchev–Trinajstić information content (AvgIpc) is 3.50. The Morgan fingerprint density at radius 1 is 1.15 bits per heavy atom. The minimum absolute atomic E-state index is 0.0457. The number of aromatic nitrogens is 5. The summed E-state index contributed by atoms with van der Waals surface area (Å²) in [5.41, 5.74) is 1.86. The maximum absolute atomic E-state index is 14.1. The molecule has 0 saturated carbocycles. The Morgan fingerprint density at radius 2 is 1.94 bits per heavy atom. The Morgan fingerprint density at radius 3 is 2.61 bits per heavy atom. The molecule has 33 heavy (non-hydrogen) atoms. The number of aliphatic hydroxyl groups excluding tert-OH is 1. The van der Waals surface area contributed by atoms with Gasteiger partial charge in [0.25, 0.3) is 0 Å². The van der Waals surface area contributed by atoms with Crippen LogP contribution in [0.2, 0.25) is 0 Å². The number of anilines is 1. The number of hydrogen-bond acceptors (Lipinski definition) is 8. The normalized spacial score (nSPS) is 10.6. The summed E-state index contributed by atoms with van der Waals surface area (Å²) in [4.78, 5) is 8.13. The molecule has 4 aromatic rings. The zero-order chi connectivity index (χ0) is 23.6. The van der Waals surface area contributed by atoms with E-state index in [0.29, 0.717) is 22.6 Å². The second-order valence-corrected chi connectivity index (χ2v) is 7.82. The Balaban J connectivity index is 0.000000709. The van der Waals surface area contributed by atoms with Crippen LogP contribution in [0, 0.1) is 11.6 Å². The Labute approximate surface area is 194 Å². The van der Waals surface area contributed by atoms with Gasteiger partial charge in [0.1, 0.15) is 23.5 Å². The van der Waals surface area contributed by atoms with Crippen LogP contribution in [0.4, 0.5) is 14.6 Å². The third-order valence-electron chi connectivity index (χ3n) is 4.42. The maximum Gasteiger partial charge on any atom is 0.183 e. The standard InChI is InChI=1S/C19H16F2N6O2.C3H8S/c20-13-4-2-1-3-12(13)11-27-17(15-5-8-29-26-15)9-16(25-27)19-23-10-14(21)18(24-19)22-6-7-28;1-3-4-2/h1-5,8-10,28H,6-7,11H2,(H,22,23,24);3H2,1-2H3. The van der Waals surface area contributed by atoms with Crippen molar-refractivity contribution in [1.82, 2.24) is 24.9 Å². The van der Waals surface area contributed by atoms with E-state index >= 15 is 0 Å². The summed E-state index contributed by atoms with van der Waals surface area (Å²) < 4.78 is 34.5. The molecule has 0 unspecified atom stereocenters. The molecule has 11 heteroatoms. The number of rotatable bonds is 8. The minimum atomic E-state index is -0.648. The lowest BCUT2D eigenvalue weighted by Gasteiger charge is -2.07. The van der Waals surface area contributed by atoms with Crippen molar-refractivity contribution in [3.05, 3.63) is 66.1 Å². The molecule has 0 fully saturated rings. The third-order valence-corrected chi connectivity index (χ3v) is 5.00. The van der Waals surface area contributed by atoms with Gasteiger partial charge in [0.15, 0.2) is 17.5 Å². The number of nitrogens with zero attached hydrogens (tertiary/aromatic N) is 5. The van der Waals surface area contributed by atoms with Crippen LogP contribution in [0.5, 0.6) is 0 Å². The van der Waals surface area contributed by atoms with Crippen LogP contribution in [0.15, 0.2) is 53.4 Å². The van der Waals surface area contributed by atoms with Crippen LogP contribution in [0.3, 0.4) is 0 Å². The highest BCUT2D eigenvalue weighted by atomic mass is 32.2. The van der Waals surface area contributed by atoms with Crippen molar-refractivity contribution >= 4 is 17.6 Å². The first-order chi connectivity index (χ1) is 16.1. The highest BCUT2D eigenvalue weighted by molar-refractivity contribution is 7.98. The largest absolute Gasteiger partial charge is 0.395 e. The Bertz CT molecular complexity index is 1150. The van der Waals surface area contributed by atoms with Crippen LogP contribution in [-0.4, -0.2) is 55.2 Å². The predicted molar refractivity (Wildman–Crippen MR) is 124 cm³/mol. The second kappa shape index (κ2) is 12.1. The number of thioether (sulfide) groups is 1. The van der Waals surface area contributed by atoms with Crippen molar-refractivity contribution in [3.63, 3.8) is 0 Å². The molecule has 0 radical (unpaired) electrons. The van der Waals surface area contributed by atoms with Crippen molar-refractivity contribution in [2.24, 2.45) is 0 Å². The zero-order valence-electron chi connectivity index (χ0n) is 18.2. The second-order valence-electron chi connectivity index (χ2n) is 6.67. The van der Waals surface area contributed by atoms with Gasteiger partial charge < -0.3 is 14.9 Å². The van der Waals surface area contributed by atoms with E-state index in [0.717, 1.165) is 6.20 Å². The zero-order valence-corrected chi connectivity index (χ0v) is 19.0. The fourth-order valence-electron chi connectivity index (χ4n) is 2.77. The summed E-state index contributed by atoms with van der Waals surface area (Å²) in [6, 6.07) is 9.70. The van der Waals surface area contributed by atoms with Gasteiger partial charge in [0.2, 0.25) is 0 Å². The molecule has 0 bridgehead atoms.